The number of hydrogen-bond donors (Lipinski definition) is 1. The van der Waals surface area contributed by atoms with Gasteiger partial charge in [-0.1, -0.05) is 0 Å². The van der Waals surface area contributed by atoms with E-state index in [2.05, 4.69) is 0 Å². The number of carbonyl (C=O) groups is 1. The van der Waals surface area contributed by atoms with Crippen LogP contribution in [0, 0.1) is 11.8 Å². The number of aliphatic carboxylic acids is 1. The van der Waals surface area contributed by atoms with Crippen molar-refractivity contribution in [2.24, 2.45) is 11.8 Å². The molecule has 0 aromatic heterocycles. The van der Waals surface area contributed by atoms with E-state index in [-0.39, 0.29) is 23.3 Å². The highest BCUT2D eigenvalue weighted by Gasteiger charge is 2.47. The van der Waals surface area contributed by atoms with Gasteiger partial charge in [-0.05, 0) is 31.1 Å². The van der Waals surface area contributed by atoms with Gasteiger partial charge in [0.1, 0.15) is 0 Å². The van der Waals surface area contributed by atoms with Crippen molar-refractivity contribution < 1.29 is 18.3 Å². The number of rotatable bonds is 4. The first-order valence-electron chi connectivity index (χ1n) is 4.94. The zero-order valence-electron chi connectivity index (χ0n) is 7.85. The van der Waals surface area contributed by atoms with Gasteiger partial charge in [0.25, 0.3) is 0 Å². The lowest BCUT2D eigenvalue weighted by molar-refractivity contribution is -0.138. The van der Waals surface area contributed by atoms with Crippen LogP contribution in [-0.2, 0) is 14.6 Å². The molecular weight excluding hydrogens is 204 g/mol. The Hall–Kier alpha value is -0.580. The Morgan fingerprint density at radius 3 is 2.29 bits per heavy atom. The Kier molecular flexibility index (Phi) is 2.29. The summed E-state index contributed by atoms with van der Waals surface area (Å²) in [5, 5.41) is 8.35. The Balaban J connectivity index is 2.07. The van der Waals surface area contributed by atoms with E-state index in [1.165, 1.54) is 0 Å². The molecule has 2 aliphatic rings. The lowest BCUT2D eigenvalue weighted by Gasteiger charge is -2.32. The molecule has 1 heterocycles. The number of carboxylic acid groups (broad SMARTS) is 1. The molecule has 2 fully saturated rings. The monoisotopic (exact) mass is 218 g/mol. The van der Waals surface area contributed by atoms with E-state index in [1.807, 2.05) is 0 Å². The van der Waals surface area contributed by atoms with Gasteiger partial charge in [-0.25, -0.2) is 8.42 Å². The summed E-state index contributed by atoms with van der Waals surface area (Å²) in [6.45, 7) is 0. The summed E-state index contributed by atoms with van der Waals surface area (Å²) in [6.07, 6.45) is 2.69. The molecule has 2 atom stereocenters. The number of hydrogen-bond acceptors (Lipinski definition) is 3. The van der Waals surface area contributed by atoms with Gasteiger partial charge < -0.3 is 5.11 Å². The summed E-state index contributed by atoms with van der Waals surface area (Å²) >= 11 is 0. The van der Waals surface area contributed by atoms with E-state index in [9.17, 15) is 13.2 Å². The first kappa shape index (κ1) is 9.96. The van der Waals surface area contributed by atoms with Crippen LogP contribution in [0.1, 0.15) is 25.7 Å². The van der Waals surface area contributed by atoms with Crippen LogP contribution in [-0.4, -0.2) is 30.5 Å². The van der Waals surface area contributed by atoms with Crippen LogP contribution in [0.4, 0.5) is 0 Å². The molecule has 1 aliphatic carbocycles. The van der Waals surface area contributed by atoms with Crippen molar-refractivity contribution in [3.8, 4) is 0 Å². The highest BCUT2D eigenvalue weighted by Crippen LogP contribution is 2.45. The highest BCUT2D eigenvalue weighted by atomic mass is 32.2. The van der Waals surface area contributed by atoms with Gasteiger partial charge in [0.2, 0.25) is 0 Å². The van der Waals surface area contributed by atoms with Gasteiger partial charge >= 0.3 is 5.97 Å². The molecule has 1 saturated carbocycles. The van der Waals surface area contributed by atoms with E-state index in [0.717, 1.165) is 12.8 Å². The molecule has 1 saturated heterocycles. The second-order valence-electron chi connectivity index (χ2n) is 4.29. The van der Waals surface area contributed by atoms with Crippen molar-refractivity contribution in [3.63, 3.8) is 0 Å². The fourth-order valence-corrected chi connectivity index (χ4v) is 4.00. The Labute approximate surface area is 83.2 Å². The Morgan fingerprint density at radius 2 is 2.00 bits per heavy atom. The minimum atomic E-state index is -2.94. The van der Waals surface area contributed by atoms with Gasteiger partial charge in [-0.2, -0.15) is 0 Å². The maximum atomic E-state index is 11.4. The fraction of sp³-hybridized carbons (Fsp3) is 0.889. The predicted octanol–water partition coefficient (Wildman–Crippen LogP) is 0.674. The third-order valence-electron chi connectivity index (χ3n) is 3.26. The third kappa shape index (κ3) is 1.78. The van der Waals surface area contributed by atoms with Crippen molar-refractivity contribution in [2.75, 3.05) is 5.75 Å². The predicted molar refractivity (Wildman–Crippen MR) is 50.7 cm³/mol. The van der Waals surface area contributed by atoms with Crippen LogP contribution in [0.15, 0.2) is 0 Å². The summed E-state index contributed by atoms with van der Waals surface area (Å²) in [5.41, 5.74) is 0. The van der Waals surface area contributed by atoms with E-state index in [4.69, 9.17) is 5.11 Å². The molecule has 0 radical (unpaired) electrons. The molecule has 4 nitrogen and oxygen atoms in total. The molecule has 2 rings (SSSR count). The van der Waals surface area contributed by atoms with Crippen molar-refractivity contribution >= 4 is 15.8 Å². The summed E-state index contributed by atoms with van der Waals surface area (Å²) < 4.78 is 22.8. The SMILES string of the molecule is O=C(O)CC(C1CC1)C1CCS1(=O)=O. The Morgan fingerprint density at radius 1 is 1.36 bits per heavy atom. The lowest BCUT2D eigenvalue weighted by atomic mass is 9.93. The van der Waals surface area contributed by atoms with Crippen molar-refractivity contribution in [3.05, 3.63) is 0 Å². The molecule has 14 heavy (non-hydrogen) atoms. The standard InChI is InChI=1S/C9H14O4S/c10-9(11)5-7(6-1-2-6)8-3-4-14(8,12)13/h6-8H,1-5H2,(H,10,11). The summed E-state index contributed by atoms with van der Waals surface area (Å²) in [5.74, 6) is -0.387. The molecular formula is C9H14O4S. The number of carboxylic acids is 1. The molecule has 0 amide bonds. The van der Waals surface area contributed by atoms with Crippen LogP contribution >= 0.6 is 0 Å². The van der Waals surface area contributed by atoms with Gasteiger partial charge in [0, 0.05) is 6.42 Å². The molecule has 5 heteroatoms. The maximum Gasteiger partial charge on any atom is 0.303 e. The van der Waals surface area contributed by atoms with E-state index >= 15 is 0 Å². The van der Waals surface area contributed by atoms with Crippen LogP contribution < -0.4 is 0 Å². The molecule has 80 valence electrons. The normalized spacial score (nSPS) is 31.9. The summed E-state index contributed by atoms with van der Waals surface area (Å²) in [7, 11) is -2.94. The first-order valence-corrected chi connectivity index (χ1v) is 6.65. The van der Waals surface area contributed by atoms with Crippen LogP contribution in [0.25, 0.3) is 0 Å². The molecule has 1 N–H and O–H groups in total. The van der Waals surface area contributed by atoms with Crippen molar-refractivity contribution in [1.82, 2.24) is 0 Å². The van der Waals surface area contributed by atoms with Crippen LogP contribution in [0.2, 0.25) is 0 Å². The highest BCUT2D eigenvalue weighted by molar-refractivity contribution is 7.93. The summed E-state index contributed by atoms with van der Waals surface area (Å²) in [6, 6.07) is 0. The van der Waals surface area contributed by atoms with E-state index < -0.39 is 15.8 Å². The van der Waals surface area contributed by atoms with Gasteiger partial charge in [-0.3, -0.25) is 4.79 Å². The van der Waals surface area contributed by atoms with Gasteiger partial charge in [-0.15, -0.1) is 0 Å². The average molecular weight is 218 g/mol. The smallest absolute Gasteiger partial charge is 0.303 e. The molecule has 2 unspecified atom stereocenters. The second-order valence-corrected chi connectivity index (χ2v) is 6.63. The van der Waals surface area contributed by atoms with Crippen LogP contribution in [0.3, 0.4) is 0 Å². The number of sulfone groups is 1. The van der Waals surface area contributed by atoms with E-state index in [1.54, 1.807) is 0 Å². The van der Waals surface area contributed by atoms with Gasteiger partial charge in [0.05, 0.1) is 11.0 Å². The van der Waals surface area contributed by atoms with Crippen molar-refractivity contribution in [2.45, 2.75) is 30.9 Å². The average Bonchev–Trinajstić information content (AvgIpc) is 2.82. The van der Waals surface area contributed by atoms with Crippen LogP contribution in [0.5, 0.6) is 0 Å². The van der Waals surface area contributed by atoms with E-state index in [0.29, 0.717) is 12.3 Å². The van der Waals surface area contributed by atoms with Gasteiger partial charge in [0.15, 0.2) is 9.84 Å². The topological polar surface area (TPSA) is 71.4 Å². The molecule has 0 aromatic carbocycles. The first-order chi connectivity index (χ1) is 6.50. The largest absolute Gasteiger partial charge is 0.481 e. The molecule has 1 aliphatic heterocycles. The zero-order chi connectivity index (χ0) is 10.3. The minimum Gasteiger partial charge on any atom is -0.481 e. The zero-order valence-corrected chi connectivity index (χ0v) is 8.66. The lowest BCUT2D eigenvalue weighted by Crippen LogP contribution is -2.43. The Bertz CT molecular complexity index is 342. The summed E-state index contributed by atoms with van der Waals surface area (Å²) in [4.78, 5) is 10.6. The third-order valence-corrected chi connectivity index (χ3v) is 5.58. The maximum absolute atomic E-state index is 11.4. The molecule has 0 bridgehead atoms. The molecule has 0 spiro atoms. The fourth-order valence-electron chi connectivity index (χ4n) is 2.25. The second kappa shape index (κ2) is 3.22. The molecule has 0 aromatic rings. The van der Waals surface area contributed by atoms with Crippen molar-refractivity contribution in [1.29, 1.82) is 0 Å². The quantitative estimate of drug-likeness (QED) is 0.753. The minimum absolute atomic E-state index is 0.0224.